The molecule has 1 aliphatic heterocycles. The van der Waals surface area contributed by atoms with Crippen LogP contribution in [0.4, 0.5) is 0 Å². The largest absolute Gasteiger partial charge is 0.357 e. The van der Waals surface area contributed by atoms with Crippen molar-refractivity contribution in [2.75, 3.05) is 19.8 Å². The molecule has 2 rings (SSSR count). The average Bonchev–Trinajstić information content (AvgIpc) is 2.77. The van der Waals surface area contributed by atoms with Crippen LogP contribution in [0, 0.1) is 0 Å². The van der Waals surface area contributed by atoms with Crippen LogP contribution >= 0.6 is 0 Å². The van der Waals surface area contributed by atoms with Crippen LogP contribution in [0.1, 0.15) is 41.0 Å². The summed E-state index contributed by atoms with van der Waals surface area (Å²) in [6.07, 6.45) is 0.814. The molecule has 0 unspecified atom stereocenters. The molecule has 120 valence electrons. The lowest BCUT2D eigenvalue weighted by atomic mass is 10.1. The molecule has 1 heterocycles. The Kier molecular flexibility index (Phi) is 6.30. The van der Waals surface area contributed by atoms with Crippen LogP contribution in [0.15, 0.2) is 24.3 Å². The zero-order chi connectivity index (χ0) is 15.9. The van der Waals surface area contributed by atoms with E-state index in [1.807, 2.05) is 13.8 Å². The molecule has 1 aliphatic rings. The molecule has 0 aliphatic carbocycles. The third kappa shape index (κ3) is 3.82. The van der Waals surface area contributed by atoms with Crippen molar-refractivity contribution >= 4 is 21.3 Å². The highest BCUT2D eigenvalue weighted by Crippen LogP contribution is 2.22. The number of carbonyl (C=O) groups is 2. The normalized spacial score (nSPS) is 14.6. The molecule has 6 heteroatoms. The number of hydrogen-bond donors (Lipinski definition) is 0. The smallest absolute Gasteiger partial charge is 0.261 e. The highest BCUT2D eigenvalue weighted by molar-refractivity contribution is 6.36. The highest BCUT2D eigenvalue weighted by atomic mass is 28.2. The van der Waals surface area contributed by atoms with Gasteiger partial charge in [-0.05, 0) is 32.4 Å². The molecule has 0 spiro atoms. The van der Waals surface area contributed by atoms with Gasteiger partial charge in [0.1, 0.15) is 5.91 Å². The number of benzene rings is 1. The molecule has 0 atom stereocenters. The maximum absolute atomic E-state index is 12.2. The highest BCUT2D eigenvalue weighted by Gasteiger charge is 2.34. The summed E-state index contributed by atoms with van der Waals surface area (Å²) in [7, 11) is -0.528. The van der Waals surface area contributed by atoms with Gasteiger partial charge in [-0.2, -0.15) is 0 Å². The van der Waals surface area contributed by atoms with Gasteiger partial charge in [-0.3, -0.25) is 14.5 Å². The minimum atomic E-state index is -0.528. The summed E-state index contributed by atoms with van der Waals surface area (Å²) >= 11 is 0. The van der Waals surface area contributed by atoms with Crippen molar-refractivity contribution in [2.24, 2.45) is 0 Å². The third-order valence-electron chi connectivity index (χ3n) is 3.65. The van der Waals surface area contributed by atoms with Gasteiger partial charge < -0.3 is 9.47 Å². The van der Waals surface area contributed by atoms with Crippen LogP contribution in [-0.4, -0.2) is 51.9 Å². The van der Waals surface area contributed by atoms with Crippen molar-refractivity contribution in [3.63, 3.8) is 0 Å². The van der Waals surface area contributed by atoms with Crippen molar-refractivity contribution in [1.82, 2.24) is 4.90 Å². The molecule has 1 aromatic carbocycles. The molecular formula is C16H23NO4Si. The van der Waals surface area contributed by atoms with Crippen molar-refractivity contribution in [1.29, 1.82) is 0 Å². The Morgan fingerprint density at radius 2 is 1.59 bits per heavy atom. The van der Waals surface area contributed by atoms with Gasteiger partial charge in [0.15, 0.2) is 0 Å². The summed E-state index contributed by atoms with van der Waals surface area (Å²) < 4.78 is 11.1. The lowest BCUT2D eigenvalue weighted by molar-refractivity contribution is -0.0827. The third-order valence-corrected chi connectivity index (χ3v) is 5.51. The number of nitrogens with zero attached hydrogens (tertiary/aromatic N) is 1. The Balaban J connectivity index is 1.81. The molecule has 22 heavy (non-hydrogen) atoms. The Labute approximate surface area is 133 Å². The zero-order valence-corrected chi connectivity index (χ0v) is 14.6. The van der Waals surface area contributed by atoms with E-state index >= 15 is 0 Å². The van der Waals surface area contributed by atoms with Crippen molar-refractivity contribution in [2.45, 2.75) is 32.2 Å². The molecule has 0 saturated heterocycles. The van der Waals surface area contributed by atoms with E-state index in [1.54, 1.807) is 24.3 Å². The van der Waals surface area contributed by atoms with Crippen LogP contribution in [-0.2, 0) is 9.47 Å². The Hall–Kier alpha value is -1.50. The Bertz CT molecular complexity index is 494. The molecular weight excluding hydrogens is 298 g/mol. The lowest BCUT2D eigenvalue weighted by Crippen LogP contribution is -2.31. The van der Waals surface area contributed by atoms with Gasteiger partial charge in [0.05, 0.1) is 20.6 Å². The van der Waals surface area contributed by atoms with Gasteiger partial charge in [0, 0.05) is 19.8 Å². The molecule has 0 saturated carbocycles. The molecule has 5 nitrogen and oxygen atoms in total. The predicted molar refractivity (Wildman–Crippen MR) is 86.8 cm³/mol. The predicted octanol–water partition coefficient (Wildman–Crippen LogP) is 1.62. The first-order chi connectivity index (χ1) is 10.7. The standard InChI is InChI=1S/C16H23NO4Si/c1-3-20-16(21-4-2)22-11-7-10-17-14(18)12-8-5-6-9-13(12)15(17)19/h5-6,8-9,16H,3-4,7,10-11,22H2,1-2H3. The fourth-order valence-corrected chi connectivity index (χ4v) is 4.26. The number of imide groups is 1. The van der Waals surface area contributed by atoms with E-state index in [4.69, 9.17) is 9.47 Å². The van der Waals surface area contributed by atoms with Crippen LogP contribution in [0.25, 0.3) is 0 Å². The van der Waals surface area contributed by atoms with E-state index < -0.39 is 9.52 Å². The maximum atomic E-state index is 12.2. The van der Waals surface area contributed by atoms with Gasteiger partial charge in [0.2, 0.25) is 0 Å². The average molecular weight is 321 g/mol. The van der Waals surface area contributed by atoms with Crippen LogP contribution in [0.3, 0.4) is 0 Å². The quantitative estimate of drug-likeness (QED) is 0.300. The van der Waals surface area contributed by atoms with Gasteiger partial charge in [-0.1, -0.05) is 18.2 Å². The van der Waals surface area contributed by atoms with E-state index in [1.165, 1.54) is 4.90 Å². The lowest BCUT2D eigenvalue weighted by Gasteiger charge is -2.17. The second-order valence-electron chi connectivity index (χ2n) is 5.14. The summed E-state index contributed by atoms with van der Waals surface area (Å²) in [6, 6.07) is 7.98. The SMILES string of the molecule is CCOC(OCC)[SiH2]CCCN1C(=O)c2ccccc2C1=O. The summed E-state index contributed by atoms with van der Waals surface area (Å²) in [5.41, 5.74) is 1.04. The van der Waals surface area contributed by atoms with Crippen LogP contribution in [0.2, 0.25) is 6.04 Å². The van der Waals surface area contributed by atoms with Crippen molar-refractivity contribution in [3.05, 3.63) is 35.4 Å². The van der Waals surface area contributed by atoms with Gasteiger partial charge in [-0.15, -0.1) is 0 Å². The second kappa shape index (κ2) is 8.21. The molecule has 0 bridgehead atoms. The summed E-state index contributed by atoms with van der Waals surface area (Å²) in [5.74, 6) is -0.404. The van der Waals surface area contributed by atoms with E-state index in [2.05, 4.69) is 0 Å². The minimum Gasteiger partial charge on any atom is -0.357 e. The van der Waals surface area contributed by atoms with E-state index in [0.29, 0.717) is 30.9 Å². The van der Waals surface area contributed by atoms with Gasteiger partial charge in [0.25, 0.3) is 11.8 Å². The maximum Gasteiger partial charge on any atom is 0.261 e. The zero-order valence-electron chi connectivity index (χ0n) is 13.2. The summed E-state index contributed by atoms with van der Waals surface area (Å²) in [6.45, 7) is 5.69. The number of hydrogen-bond acceptors (Lipinski definition) is 4. The first-order valence-corrected chi connectivity index (χ1v) is 9.69. The molecule has 0 N–H and O–H groups in total. The van der Waals surface area contributed by atoms with E-state index in [9.17, 15) is 9.59 Å². The second-order valence-corrected chi connectivity index (χ2v) is 7.09. The topological polar surface area (TPSA) is 55.8 Å². The number of amides is 2. The van der Waals surface area contributed by atoms with Gasteiger partial charge in [-0.25, -0.2) is 0 Å². The molecule has 1 aromatic rings. The number of carbonyl (C=O) groups excluding carboxylic acids is 2. The number of rotatable bonds is 9. The first kappa shape index (κ1) is 16.9. The van der Waals surface area contributed by atoms with Crippen LogP contribution in [0.5, 0.6) is 0 Å². The van der Waals surface area contributed by atoms with Crippen molar-refractivity contribution < 1.29 is 19.1 Å². The Morgan fingerprint density at radius 1 is 1.05 bits per heavy atom. The van der Waals surface area contributed by atoms with Crippen molar-refractivity contribution in [3.8, 4) is 0 Å². The number of ether oxygens (including phenoxy) is 2. The molecule has 0 fully saturated rings. The Morgan fingerprint density at radius 3 is 2.09 bits per heavy atom. The van der Waals surface area contributed by atoms with Crippen LogP contribution < -0.4 is 0 Å². The first-order valence-electron chi connectivity index (χ1n) is 7.87. The molecule has 0 radical (unpaired) electrons. The molecule has 0 aromatic heterocycles. The fraction of sp³-hybridized carbons (Fsp3) is 0.500. The summed E-state index contributed by atoms with van der Waals surface area (Å²) in [5, 5.41) is 0. The number of fused-ring (bicyclic) bond motifs is 1. The minimum absolute atomic E-state index is 0.0582. The van der Waals surface area contributed by atoms with Gasteiger partial charge >= 0.3 is 0 Å². The van der Waals surface area contributed by atoms with E-state index in [-0.39, 0.29) is 17.7 Å². The molecule has 2 amide bonds. The fourth-order valence-electron chi connectivity index (χ4n) is 2.61. The van der Waals surface area contributed by atoms with E-state index in [0.717, 1.165) is 12.5 Å². The monoisotopic (exact) mass is 321 g/mol. The summed E-state index contributed by atoms with van der Waals surface area (Å²) in [4.78, 5) is 25.8.